The number of benzene rings is 2. The van der Waals surface area contributed by atoms with Gasteiger partial charge in [-0.05, 0) is 54.1 Å². The van der Waals surface area contributed by atoms with E-state index in [0.717, 1.165) is 23.3 Å². The Balaban J connectivity index is 1.53. The Morgan fingerprint density at radius 1 is 1.15 bits per heavy atom. The molecule has 170 valence electrons. The molecule has 1 aliphatic rings. The van der Waals surface area contributed by atoms with Crippen molar-refractivity contribution in [2.75, 3.05) is 26.2 Å². The number of hydrogen-bond acceptors (Lipinski definition) is 4. The molecule has 0 aliphatic carbocycles. The zero-order chi connectivity index (χ0) is 23.2. The van der Waals surface area contributed by atoms with Crippen LogP contribution in [0.5, 0.6) is 5.75 Å². The van der Waals surface area contributed by atoms with E-state index in [1.807, 2.05) is 54.3 Å². The average molecular weight is 461 g/mol. The molecule has 6 heteroatoms. The average Bonchev–Trinajstić information content (AvgIpc) is 3.32. The second-order valence-electron chi connectivity index (χ2n) is 8.07. The van der Waals surface area contributed by atoms with Crippen LogP contribution in [0.15, 0.2) is 78.7 Å². The van der Waals surface area contributed by atoms with E-state index < -0.39 is 0 Å². The molecule has 3 aromatic rings. The van der Waals surface area contributed by atoms with Gasteiger partial charge in [0.15, 0.2) is 0 Å². The van der Waals surface area contributed by atoms with Crippen LogP contribution in [-0.4, -0.2) is 47.9 Å². The molecule has 0 radical (unpaired) electrons. The van der Waals surface area contributed by atoms with Gasteiger partial charge < -0.3 is 14.5 Å². The van der Waals surface area contributed by atoms with Gasteiger partial charge in [-0.25, -0.2) is 0 Å². The summed E-state index contributed by atoms with van der Waals surface area (Å²) in [5.74, 6) is 0.556. The Morgan fingerprint density at radius 3 is 2.67 bits per heavy atom. The second kappa shape index (κ2) is 10.5. The SMILES string of the molecule is C=CCN(CC(=O)N1CCc2sccc2[C@H]1COc1ccccc1C)C(=O)c1ccccc1. The lowest BCUT2D eigenvalue weighted by molar-refractivity contribution is -0.135. The molecule has 33 heavy (non-hydrogen) atoms. The smallest absolute Gasteiger partial charge is 0.254 e. The van der Waals surface area contributed by atoms with Gasteiger partial charge in [-0.2, -0.15) is 0 Å². The zero-order valence-electron chi connectivity index (χ0n) is 18.8. The predicted molar refractivity (Wildman–Crippen MR) is 132 cm³/mol. The molecule has 0 spiro atoms. The van der Waals surface area contributed by atoms with Crippen LogP contribution in [0.2, 0.25) is 0 Å². The maximum absolute atomic E-state index is 13.5. The normalized spacial score (nSPS) is 14.9. The molecule has 0 bridgehead atoms. The van der Waals surface area contributed by atoms with E-state index >= 15 is 0 Å². The Labute approximate surface area is 198 Å². The topological polar surface area (TPSA) is 49.9 Å². The van der Waals surface area contributed by atoms with Crippen molar-refractivity contribution in [3.63, 3.8) is 0 Å². The van der Waals surface area contributed by atoms with Crippen LogP contribution >= 0.6 is 11.3 Å². The van der Waals surface area contributed by atoms with Crippen molar-refractivity contribution >= 4 is 23.2 Å². The van der Waals surface area contributed by atoms with Crippen molar-refractivity contribution in [3.8, 4) is 5.75 Å². The second-order valence-corrected chi connectivity index (χ2v) is 9.07. The molecular weight excluding hydrogens is 432 g/mol. The molecule has 2 aromatic carbocycles. The van der Waals surface area contributed by atoms with Crippen molar-refractivity contribution in [2.45, 2.75) is 19.4 Å². The lowest BCUT2D eigenvalue weighted by atomic mass is 10.00. The van der Waals surface area contributed by atoms with Gasteiger partial charge in [-0.1, -0.05) is 42.5 Å². The minimum atomic E-state index is -0.190. The van der Waals surface area contributed by atoms with E-state index in [2.05, 4.69) is 18.0 Å². The molecule has 4 rings (SSSR count). The lowest BCUT2D eigenvalue weighted by Gasteiger charge is -2.37. The Bertz CT molecular complexity index is 1130. The maximum atomic E-state index is 13.5. The summed E-state index contributed by atoms with van der Waals surface area (Å²) in [5, 5.41) is 2.07. The van der Waals surface area contributed by atoms with Crippen molar-refractivity contribution in [1.29, 1.82) is 0 Å². The van der Waals surface area contributed by atoms with Crippen LogP contribution in [0.25, 0.3) is 0 Å². The van der Waals surface area contributed by atoms with Gasteiger partial charge in [-0.15, -0.1) is 17.9 Å². The van der Waals surface area contributed by atoms with Crippen LogP contribution in [0.3, 0.4) is 0 Å². The summed E-state index contributed by atoms with van der Waals surface area (Å²) in [4.78, 5) is 31.2. The van der Waals surface area contributed by atoms with E-state index in [1.165, 1.54) is 4.88 Å². The number of rotatable bonds is 8. The molecule has 2 heterocycles. The molecule has 1 atom stereocenters. The summed E-state index contributed by atoms with van der Waals surface area (Å²) in [6, 6.07) is 18.8. The van der Waals surface area contributed by atoms with E-state index in [-0.39, 0.29) is 24.4 Å². The highest BCUT2D eigenvalue weighted by atomic mass is 32.1. The van der Waals surface area contributed by atoms with Gasteiger partial charge >= 0.3 is 0 Å². The summed E-state index contributed by atoms with van der Waals surface area (Å²) in [6.07, 6.45) is 2.47. The van der Waals surface area contributed by atoms with Gasteiger partial charge in [-0.3, -0.25) is 9.59 Å². The number of aryl methyl sites for hydroxylation is 1. The summed E-state index contributed by atoms with van der Waals surface area (Å²) in [5.41, 5.74) is 2.76. The number of ether oxygens (including phenoxy) is 1. The fourth-order valence-corrected chi connectivity index (χ4v) is 5.08. The monoisotopic (exact) mass is 460 g/mol. The molecule has 5 nitrogen and oxygen atoms in total. The molecule has 0 saturated heterocycles. The maximum Gasteiger partial charge on any atom is 0.254 e. The minimum absolute atomic E-state index is 0.0000822. The quantitative estimate of drug-likeness (QED) is 0.450. The summed E-state index contributed by atoms with van der Waals surface area (Å²) in [7, 11) is 0. The lowest BCUT2D eigenvalue weighted by Crippen LogP contribution is -2.47. The van der Waals surface area contributed by atoms with Crippen LogP contribution in [0.4, 0.5) is 0 Å². The summed E-state index contributed by atoms with van der Waals surface area (Å²) in [6.45, 7) is 7.06. The zero-order valence-corrected chi connectivity index (χ0v) is 19.6. The first kappa shape index (κ1) is 22.8. The number of carbonyl (C=O) groups excluding carboxylic acids is 2. The van der Waals surface area contributed by atoms with E-state index in [1.54, 1.807) is 34.4 Å². The first-order valence-electron chi connectivity index (χ1n) is 11.1. The fraction of sp³-hybridized carbons (Fsp3) is 0.259. The highest BCUT2D eigenvalue weighted by Crippen LogP contribution is 2.34. The Kier molecular flexibility index (Phi) is 7.25. The predicted octanol–water partition coefficient (Wildman–Crippen LogP) is 4.89. The van der Waals surface area contributed by atoms with Crippen LogP contribution in [-0.2, 0) is 11.2 Å². The van der Waals surface area contributed by atoms with Gasteiger partial charge in [0.2, 0.25) is 5.91 Å². The van der Waals surface area contributed by atoms with Gasteiger partial charge in [0, 0.05) is 23.5 Å². The highest BCUT2D eigenvalue weighted by Gasteiger charge is 2.33. The number of para-hydroxylation sites is 1. The number of hydrogen-bond donors (Lipinski definition) is 0. The molecule has 0 fully saturated rings. The van der Waals surface area contributed by atoms with E-state index in [4.69, 9.17) is 4.74 Å². The molecular formula is C27H28N2O3S. The first-order valence-corrected chi connectivity index (χ1v) is 12.0. The van der Waals surface area contributed by atoms with Crippen molar-refractivity contribution in [1.82, 2.24) is 9.80 Å². The van der Waals surface area contributed by atoms with Gasteiger partial charge in [0.05, 0.1) is 6.04 Å². The highest BCUT2D eigenvalue weighted by molar-refractivity contribution is 7.10. The largest absolute Gasteiger partial charge is 0.491 e. The van der Waals surface area contributed by atoms with Crippen molar-refractivity contribution in [3.05, 3.63) is 100 Å². The third kappa shape index (κ3) is 5.17. The minimum Gasteiger partial charge on any atom is -0.491 e. The van der Waals surface area contributed by atoms with Gasteiger partial charge in [0.1, 0.15) is 18.9 Å². The van der Waals surface area contributed by atoms with Crippen LogP contribution in [0, 0.1) is 6.92 Å². The van der Waals surface area contributed by atoms with Crippen molar-refractivity contribution in [2.24, 2.45) is 0 Å². The van der Waals surface area contributed by atoms with Crippen molar-refractivity contribution < 1.29 is 14.3 Å². The Morgan fingerprint density at radius 2 is 1.91 bits per heavy atom. The molecule has 2 amide bonds. The molecule has 1 aromatic heterocycles. The van der Waals surface area contributed by atoms with E-state index in [9.17, 15) is 9.59 Å². The number of thiophene rings is 1. The van der Waals surface area contributed by atoms with E-state index in [0.29, 0.717) is 25.3 Å². The fourth-order valence-electron chi connectivity index (χ4n) is 4.15. The number of fused-ring (bicyclic) bond motifs is 1. The summed E-state index contributed by atoms with van der Waals surface area (Å²) < 4.78 is 6.17. The molecule has 0 saturated carbocycles. The molecule has 0 unspecified atom stereocenters. The summed E-state index contributed by atoms with van der Waals surface area (Å²) >= 11 is 1.72. The number of amides is 2. The standard InChI is InChI=1S/C27H28N2O3S/c1-3-15-28(27(31)21-10-5-4-6-11-21)18-26(30)29-16-13-25-22(14-17-33-25)23(29)19-32-24-12-8-7-9-20(24)2/h3-12,14,17,23H,1,13,15-16,18-19H2,2H3/t23-/m1/s1. The number of nitrogens with zero attached hydrogens (tertiary/aromatic N) is 2. The van der Waals surface area contributed by atoms with Gasteiger partial charge in [0.25, 0.3) is 5.91 Å². The van der Waals surface area contributed by atoms with Crippen LogP contribution < -0.4 is 4.74 Å². The Hall–Kier alpha value is -3.38. The molecule has 1 aliphatic heterocycles. The third-order valence-corrected chi connectivity index (χ3v) is 6.89. The first-order chi connectivity index (χ1) is 16.1. The van der Waals surface area contributed by atoms with Crippen LogP contribution in [0.1, 0.15) is 32.4 Å². The number of carbonyl (C=O) groups is 2. The molecule has 0 N–H and O–H groups in total. The third-order valence-electron chi connectivity index (χ3n) is 5.89.